The maximum absolute atomic E-state index is 11.1. The summed E-state index contributed by atoms with van der Waals surface area (Å²) >= 11 is 0. The van der Waals surface area contributed by atoms with E-state index in [9.17, 15) is 4.79 Å². The highest BCUT2D eigenvalue weighted by Crippen LogP contribution is 2.63. The largest absolute Gasteiger partial charge is 0.327 e. The average Bonchev–Trinajstić information content (AvgIpc) is 2.82. The highest BCUT2D eigenvalue weighted by Gasteiger charge is 2.69. The molecule has 0 aliphatic heterocycles. The summed E-state index contributed by atoms with van der Waals surface area (Å²) in [4.78, 5) is 11.1. The quantitative estimate of drug-likeness (QED) is 0.485. The molecule has 0 aromatic heterocycles. The Morgan fingerprint density at radius 3 is 1.71 bits per heavy atom. The zero-order valence-electron chi connectivity index (χ0n) is 11.5. The van der Waals surface area contributed by atoms with E-state index in [2.05, 4.69) is 0 Å². The van der Waals surface area contributed by atoms with E-state index < -0.39 is 5.97 Å². The molecule has 1 aliphatic rings. The molecule has 1 saturated carbocycles. The first-order valence-electron chi connectivity index (χ1n) is 6.37. The van der Waals surface area contributed by atoms with Gasteiger partial charge in [0.2, 0.25) is 0 Å². The number of aldehydes is 1. The summed E-state index contributed by atoms with van der Waals surface area (Å²) in [5, 5.41) is 0. The second kappa shape index (κ2) is 5.46. The van der Waals surface area contributed by atoms with Crippen LogP contribution in [0, 0.1) is 17.3 Å². The van der Waals surface area contributed by atoms with Gasteiger partial charge in [-0.1, -0.05) is 13.8 Å². The number of rotatable bonds is 8. The van der Waals surface area contributed by atoms with Crippen molar-refractivity contribution < 1.29 is 19.0 Å². The number of hydrogen-bond acceptors (Lipinski definition) is 4. The van der Waals surface area contributed by atoms with Crippen molar-refractivity contribution >= 4 is 6.29 Å². The Morgan fingerprint density at radius 1 is 1.06 bits per heavy atom. The molecule has 100 valence electrons. The summed E-state index contributed by atoms with van der Waals surface area (Å²) in [5.41, 5.74) is -0.124. The Labute approximate surface area is 104 Å². The van der Waals surface area contributed by atoms with Gasteiger partial charge < -0.3 is 19.0 Å². The summed E-state index contributed by atoms with van der Waals surface area (Å²) in [6.45, 7) is 11.3. The van der Waals surface area contributed by atoms with E-state index in [1.807, 2.05) is 34.6 Å². The zero-order chi connectivity index (χ0) is 13.1. The van der Waals surface area contributed by atoms with Crippen molar-refractivity contribution in [3.05, 3.63) is 0 Å². The minimum atomic E-state index is -1.06. The lowest BCUT2D eigenvalue weighted by Gasteiger charge is -2.33. The number of carbonyl (C=O) groups excluding carboxylic acids is 1. The van der Waals surface area contributed by atoms with Gasteiger partial charge in [-0.25, -0.2) is 0 Å². The summed E-state index contributed by atoms with van der Waals surface area (Å²) in [5.74, 6) is -1.16. The van der Waals surface area contributed by atoms with E-state index in [-0.39, 0.29) is 17.3 Å². The minimum Gasteiger partial charge on any atom is -0.327 e. The van der Waals surface area contributed by atoms with Gasteiger partial charge in [0, 0.05) is 25.7 Å². The second-order valence-electron chi connectivity index (χ2n) is 4.86. The Kier molecular flexibility index (Phi) is 4.69. The lowest BCUT2D eigenvalue weighted by molar-refractivity contribution is -0.392. The monoisotopic (exact) mass is 244 g/mol. The van der Waals surface area contributed by atoms with E-state index in [0.29, 0.717) is 19.8 Å². The molecule has 0 saturated heterocycles. The zero-order valence-corrected chi connectivity index (χ0v) is 11.5. The Morgan fingerprint density at radius 2 is 1.47 bits per heavy atom. The van der Waals surface area contributed by atoms with Crippen LogP contribution in [0.4, 0.5) is 0 Å². The molecular weight excluding hydrogens is 220 g/mol. The molecule has 0 aromatic rings. The normalized spacial score (nSPS) is 26.9. The molecule has 2 unspecified atom stereocenters. The summed E-state index contributed by atoms with van der Waals surface area (Å²) in [6, 6.07) is 0. The number of hydrogen-bond donors (Lipinski definition) is 0. The molecule has 17 heavy (non-hydrogen) atoms. The van der Waals surface area contributed by atoms with Crippen LogP contribution in [-0.4, -0.2) is 32.1 Å². The van der Waals surface area contributed by atoms with Crippen molar-refractivity contribution in [2.45, 2.75) is 40.6 Å². The maximum atomic E-state index is 11.1. The van der Waals surface area contributed by atoms with Crippen molar-refractivity contribution in [3.63, 3.8) is 0 Å². The standard InChI is InChI=1S/C13H24O4/c1-6-15-13(16-7-2,17-8-3)11-10(9-14)12(11,4)5/h9-11H,6-8H2,1-5H3. The lowest BCUT2D eigenvalue weighted by Crippen LogP contribution is -2.43. The molecule has 0 N–H and O–H groups in total. The van der Waals surface area contributed by atoms with E-state index in [0.717, 1.165) is 6.29 Å². The van der Waals surface area contributed by atoms with Crippen molar-refractivity contribution in [1.29, 1.82) is 0 Å². The molecule has 1 fully saturated rings. The van der Waals surface area contributed by atoms with Crippen LogP contribution in [0.25, 0.3) is 0 Å². The predicted octanol–water partition coefficient (Wildman–Crippen LogP) is 2.22. The molecule has 1 aliphatic carbocycles. The lowest BCUT2D eigenvalue weighted by atomic mass is 10.1. The molecule has 0 radical (unpaired) electrons. The molecule has 0 heterocycles. The van der Waals surface area contributed by atoms with Crippen LogP contribution in [0.2, 0.25) is 0 Å². The van der Waals surface area contributed by atoms with Gasteiger partial charge in [0.05, 0.1) is 5.92 Å². The molecule has 2 atom stereocenters. The molecule has 4 nitrogen and oxygen atoms in total. The first-order valence-corrected chi connectivity index (χ1v) is 6.37. The summed E-state index contributed by atoms with van der Waals surface area (Å²) in [6.07, 6.45) is 0.983. The van der Waals surface area contributed by atoms with Gasteiger partial charge in [-0.15, -0.1) is 0 Å². The first kappa shape index (κ1) is 14.6. The van der Waals surface area contributed by atoms with Crippen molar-refractivity contribution in [2.24, 2.45) is 17.3 Å². The maximum Gasteiger partial charge on any atom is 0.287 e. The van der Waals surface area contributed by atoms with E-state index in [4.69, 9.17) is 14.2 Å². The van der Waals surface area contributed by atoms with Crippen molar-refractivity contribution in [3.8, 4) is 0 Å². The van der Waals surface area contributed by atoms with E-state index >= 15 is 0 Å². The molecule has 0 amide bonds. The first-order chi connectivity index (χ1) is 8.00. The van der Waals surface area contributed by atoms with Crippen LogP contribution in [0.3, 0.4) is 0 Å². The summed E-state index contributed by atoms with van der Waals surface area (Å²) in [7, 11) is 0. The molecule has 0 bridgehead atoms. The van der Waals surface area contributed by atoms with Crippen LogP contribution in [0.5, 0.6) is 0 Å². The molecule has 0 aromatic carbocycles. The van der Waals surface area contributed by atoms with Gasteiger partial charge in [0.1, 0.15) is 6.29 Å². The highest BCUT2D eigenvalue weighted by atomic mass is 16.9. The van der Waals surface area contributed by atoms with Crippen LogP contribution in [0.1, 0.15) is 34.6 Å². The van der Waals surface area contributed by atoms with Gasteiger partial charge in [-0.2, -0.15) is 0 Å². The third-order valence-corrected chi connectivity index (χ3v) is 3.47. The number of ether oxygens (including phenoxy) is 3. The Balaban J connectivity index is 2.92. The topological polar surface area (TPSA) is 44.8 Å². The fourth-order valence-electron chi connectivity index (χ4n) is 2.60. The molecule has 1 rings (SSSR count). The fourth-order valence-corrected chi connectivity index (χ4v) is 2.60. The SMILES string of the molecule is CCOC(OCC)(OCC)C1C(C=O)C1(C)C. The van der Waals surface area contributed by atoms with Crippen LogP contribution in [-0.2, 0) is 19.0 Å². The molecular formula is C13H24O4. The highest BCUT2D eigenvalue weighted by molar-refractivity contribution is 5.61. The average molecular weight is 244 g/mol. The van der Waals surface area contributed by atoms with Crippen molar-refractivity contribution in [1.82, 2.24) is 0 Å². The molecule has 0 spiro atoms. The Hall–Kier alpha value is -0.450. The van der Waals surface area contributed by atoms with Gasteiger partial charge >= 0.3 is 0 Å². The van der Waals surface area contributed by atoms with Crippen LogP contribution < -0.4 is 0 Å². The fraction of sp³-hybridized carbons (Fsp3) is 0.923. The third kappa shape index (κ3) is 2.54. The number of carbonyl (C=O) groups is 1. The van der Waals surface area contributed by atoms with Gasteiger partial charge in [-0.05, 0) is 26.2 Å². The van der Waals surface area contributed by atoms with E-state index in [1.165, 1.54) is 0 Å². The minimum absolute atomic E-state index is 0.0349. The molecule has 4 heteroatoms. The van der Waals surface area contributed by atoms with Crippen molar-refractivity contribution in [2.75, 3.05) is 19.8 Å². The van der Waals surface area contributed by atoms with Gasteiger partial charge in [0.15, 0.2) is 0 Å². The predicted molar refractivity (Wildman–Crippen MR) is 64.4 cm³/mol. The second-order valence-corrected chi connectivity index (χ2v) is 4.86. The smallest absolute Gasteiger partial charge is 0.287 e. The van der Waals surface area contributed by atoms with Gasteiger partial charge in [-0.3, -0.25) is 0 Å². The summed E-state index contributed by atoms with van der Waals surface area (Å²) < 4.78 is 17.1. The van der Waals surface area contributed by atoms with Gasteiger partial charge in [0.25, 0.3) is 5.97 Å². The van der Waals surface area contributed by atoms with E-state index in [1.54, 1.807) is 0 Å². The Bertz CT molecular complexity index is 245. The third-order valence-electron chi connectivity index (χ3n) is 3.47. The van der Waals surface area contributed by atoms with Crippen LogP contribution in [0.15, 0.2) is 0 Å². The van der Waals surface area contributed by atoms with Crippen LogP contribution >= 0.6 is 0 Å².